The molecule has 2 saturated heterocycles. The summed E-state index contributed by atoms with van der Waals surface area (Å²) in [5.74, 6) is 2.37. The van der Waals surface area contributed by atoms with Gasteiger partial charge in [0.05, 0.1) is 12.7 Å². The number of piperidine rings is 1. The Kier molecular flexibility index (Phi) is 10.3. The Morgan fingerprint density at radius 1 is 1.31 bits per heavy atom. The van der Waals surface area contributed by atoms with Crippen LogP contribution in [-0.4, -0.2) is 76.1 Å². The lowest BCUT2D eigenvalue weighted by Crippen LogP contribution is -2.41. The molecule has 0 spiro atoms. The molecule has 2 unspecified atom stereocenters. The number of aliphatic imine (C=N–C) groups is 1. The van der Waals surface area contributed by atoms with Crippen LogP contribution in [0.1, 0.15) is 46.5 Å². The summed E-state index contributed by atoms with van der Waals surface area (Å²) in [5, 5.41) is 6.81. The first-order valence-electron chi connectivity index (χ1n) is 10.6. The van der Waals surface area contributed by atoms with Gasteiger partial charge in [0, 0.05) is 45.9 Å². The van der Waals surface area contributed by atoms with Crippen molar-refractivity contribution >= 4 is 5.96 Å². The van der Waals surface area contributed by atoms with E-state index in [1.165, 1.54) is 32.5 Å². The maximum absolute atomic E-state index is 5.81. The van der Waals surface area contributed by atoms with Crippen LogP contribution in [0.25, 0.3) is 0 Å². The molecule has 2 aliphatic heterocycles. The van der Waals surface area contributed by atoms with Crippen molar-refractivity contribution in [1.82, 2.24) is 15.5 Å². The molecular weight excluding hydrogens is 328 g/mol. The van der Waals surface area contributed by atoms with Gasteiger partial charge in [0.15, 0.2) is 5.96 Å². The Morgan fingerprint density at radius 2 is 2.19 bits per heavy atom. The molecule has 6 heteroatoms. The van der Waals surface area contributed by atoms with Crippen molar-refractivity contribution < 1.29 is 9.47 Å². The number of likely N-dealkylation sites (tertiary alicyclic amines) is 1. The first-order chi connectivity index (χ1) is 12.7. The summed E-state index contributed by atoms with van der Waals surface area (Å²) in [6, 6.07) is 0. The van der Waals surface area contributed by atoms with Crippen molar-refractivity contribution in [2.24, 2.45) is 16.8 Å². The Morgan fingerprint density at radius 3 is 2.92 bits per heavy atom. The second-order valence-corrected chi connectivity index (χ2v) is 8.02. The first-order valence-corrected chi connectivity index (χ1v) is 10.6. The third kappa shape index (κ3) is 8.69. The van der Waals surface area contributed by atoms with E-state index in [9.17, 15) is 0 Å². The van der Waals surface area contributed by atoms with Crippen molar-refractivity contribution in [2.45, 2.75) is 52.6 Å². The summed E-state index contributed by atoms with van der Waals surface area (Å²) in [5.41, 5.74) is 0. The molecule has 0 amide bonds. The molecule has 0 radical (unpaired) electrons. The number of hydrogen-bond acceptors (Lipinski definition) is 4. The van der Waals surface area contributed by atoms with E-state index >= 15 is 0 Å². The minimum atomic E-state index is 0.303. The van der Waals surface area contributed by atoms with E-state index in [-0.39, 0.29) is 0 Å². The molecular formula is C20H40N4O2. The number of rotatable bonds is 10. The topological polar surface area (TPSA) is 58.1 Å². The van der Waals surface area contributed by atoms with Gasteiger partial charge in [0.25, 0.3) is 0 Å². The van der Waals surface area contributed by atoms with Gasteiger partial charge < -0.3 is 25.0 Å². The maximum atomic E-state index is 5.81. The highest BCUT2D eigenvalue weighted by molar-refractivity contribution is 5.79. The van der Waals surface area contributed by atoms with Crippen LogP contribution in [-0.2, 0) is 9.47 Å². The Balaban J connectivity index is 1.64. The quantitative estimate of drug-likeness (QED) is 0.351. The lowest BCUT2D eigenvalue weighted by molar-refractivity contribution is 0.0420. The Hall–Kier alpha value is -0.850. The third-order valence-electron chi connectivity index (χ3n) is 4.93. The molecule has 152 valence electrons. The molecule has 26 heavy (non-hydrogen) atoms. The van der Waals surface area contributed by atoms with Crippen molar-refractivity contribution in [2.75, 3.05) is 59.1 Å². The smallest absolute Gasteiger partial charge is 0.191 e. The van der Waals surface area contributed by atoms with Crippen molar-refractivity contribution in [3.63, 3.8) is 0 Å². The maximum Gasteiger partial charge on any atom is 0.191 e. The average Bonchev–Trinajstić information content (AvgIpc) is 3.12. The highest BCUT2D eigenvalue weighted by atomic mass is 16.5. The zero-order valence-corrected chi connectivity index (χ0v) is 17.1. The van der Waals surface area contributed by atoms with Gasteiger partial charge in [-0.2, -0.15) is 0 Å². The minimum absolute atomic E-state index is 0.303. The van der Waals surface area contributed by atoms with Gasteiger partial charge in [-0.3, -0.25) is 4.99 Å². The van der Waals surface area contributed by atoms with Crippen LogP contribution in [0.4, 0.5) is 0 Å². The lowest BCUT2D eigenvalue weighted by atomic mass is 9.97. The van der Waals surface area contributed by atoms with Crippen LogP contribution in [0.5, 0.6) is 0 Å². The minimum Gasteiger partial charge on any atom is -0.379 e. The molecule has 0 aromatic heterocycles. The zero-order valence-electron chi connectivity index (χ0n) is 17.1. The summed E-state index contributed by atoms with van der Waals surface area (Å²) in [6.07, 6.45) is 4.93. The third-order valence-corrected chi connectivity index (χ3v) is 4.93. The summed E-state index contributed by atoms with van der Waals surface area (Å²) in [6.45, 7) is 15.5. The van der Waals surface area contributed by atoms with E-state index in [1.54, 1.807) is 0 Å². The number of hydrogen-bond donors (Lipinski definition) is 2. The molecule has 0 aromatic rings. The van der Waals surface area contributed by atoms with Crippen LogP contribution < -0.4 is 10.6 Å². The molecule has 2 rings (SSSR count). The summed E-state index contributed by atoms with van der Waals surface area (Å²) >= 11 is 0. The molecule has 2 fully saturated rings. The highest BCUT2D eigenvalue weighted by Gasteiger charge is 2.20. The Labute approximate surface area is 160 Å². The number of nitrogens with zero attached hydrogens (tertiary/aromatic N) is 2. The SMILES string of the molecule is CCNC(=NCC1CCCN(CC(C)C)C1)NCCCOC1CCOC1. The molecule has 0 aliphatic carbocycles. The predicted octanol–water partition coefficient (Wildman–Crippen LogP) is 2.11. The van der Waals surface area contributed by atoms with Crippen LogP contribution in [0, 0.1) is 11.8 Å². The van der Waals surface area contributed by atoms with Gasteiger partial charge in [-0.05, 0) is 51.0 Å². The normalized spacial score (nSPS) is 25.0. The predicted molar refractivity (Wildman–Crippen MR) is 108 cm³/mol. The fraction of sp³-hybridized carbons (Fsp3) is 0.950. The Bertz CT molecular complexity index is 397. The van der Waals surface area contributed by atoms with Crippen LogP contribution in [0.2, 0.25) is 0 Å². The fourth-order valence-corrected chi connectivity index (χ4v) is 3.72. The molecule has 2 heterocycles. The number of nitrogens with one attached hydrogen (secondary N) is 2. The average molecular weight is 369 g/mol. The molecule has 0 bridgehead atoms. The van der Waals surface area contributed by atoms with Gasteiger partial charge in [-0.25, -0.2) is 0 Å². The van der Waals surface area contributed by atoms with E-state index in [2.05, 4.69) is 36.3 Å². The molecule has 0 saturated carbocycles. The molecule has 0 aromatic carbocycles. The first kappa shape index (κ1) is 21.5. The number of guanidine groups is 1. The van der Waals surface area contributed by atoms with Gasteiger partial charge >= 0.3 is 0 Å². The highest BCUT2D eigenvalue weighted by Crippen LogP contribution is 2.17. The van der Waals surface area contributed by atoms with Gasteiger partial charge in [-0.1, -0.05) is 13.8 Å². The van der Waals surface area contributed by atoms with Crippen LogP contribution in [0.3, 0.4) is 0 Å². The molecule has 6 nitrogen and oxygen atoms in total. The van der Waals surface area contributed by atoms with Crippen LogP contribution >= 0.6 is 0 Å². The summed E-state index contributed by atoms with van der Waals surface area (Å²) in [7, 11) is 0. The monoisotopic (exact) mass is 368 g/mol. The van der Waals surface area contributed by atoms with E-state index in [1.807, 2.05) is 0 Å². The van der Waals surface area contributed by atoms with E-state index in [0.29, 0.717) is 12.0 Å². The van der Waals surface area contributed by atoms with Gasteiger partial charge in [-0.15, -0.1) is 0 Å². The van der Waals surface area contributed by atoms with Crippen molar-refractivity contribution in [1.29, 1.82) is 0 Å². The largest absolute Gasteiger partial charge is 0.379 e. The molecule has 2 atom stereocenters. The fourth-order valence-electron chi connectivity index (χ4n) is 3.72. The summed E-state index contributed by atoms with van der Waals surface area (Å²) < 4.78 is 11.1. The second kappa shape index (κ2) is 12.5. The molecule has 2 N–H and O–H groups in total. The van der Waals surface area contributed by atoms with Crippen LogP contribution in [0.15, 0.2) is 4.99 Å². The van der Waals surface area contributed by atoms with E-state index < -0.39 is 0 Å². The number of ether oxygens (including phenoxy) is 2. The lowest BCUT2D eigenvalue weighted by Gasteiger charge is -2.33. The van der Waals surface area contributed by atoms with Crippen molar-refractivity contribution in [3.8, 4) is 0 Å². The van der Waals surface area contributed by atoms with E-state index in [4.69, 9.17) is 14.5 Å². The zero-order chi connectivity index (χ0) is 18.6. The molecule has 2 aliphatic rings. The van der Waals surface area contributed by atoms with E-state index in [0.717, 1.165) is 64.2 Å². The van der Waals surface area contributed by atoms with Crippen molar-refractivity contribution in [3.05, 3.63) is 0 Å². The second-order valence-electron chi connectivity index (χ2n) is 8.02. The van der Waals surface area contributed by atoms with Gasteiger partial charge in [0.1, 0.15) is 0 Å². The van der Waals surface area contributed by atoms with Gasteiger partial charge in [0.2, 0.25) is 0 Å². The standard InChI is InChI=1S/C20H40N4O2/c1-4-21-20(22-9-6-11-26-19-8-12-25-16-19)23-13-18-7-5-10-24(15-18)14-17(2)3/h17-19H,4-16H2,1-3H3,(H2,21,22,23). The summed E-state index contributed by atoms with van der Waals surface area (Å²) in [4.78, 5) is 7.44.